The van der Waals surface area contributed by atoms with Gasteiger partial charge in [-0.15, -0.1) is 0 Å². The van der Waals surface area contributed by atoms with Crippen molar-refractivity contribution in [2.24, 2.45) is 0 Å². The molecule has 0 saturated carbocycles. The van der Waals surface area contributed by atoms with E-state index in [4.69, 9.17) is 0 Å². The van der Waals surface area contributed by atoms with Crippen LogP contribution in [0, 0.1) is 11.6 Å². The summed E-state index contributed by atoms with van der Waals surface area (Å²) in [7, 11) is 0. The van der Waals surface area contributed by atoms with Gasteiger partial charge in [0.05, 0.1) is 0 Å². The zero-order valence-electron chi connectivity index (χ0n) is 12.4. The predicted octanol–water partition coefficient (Wildman–Crippen LogP) is 1.91. The molecule has 0 fully saturated rings. The normalized spacial score (nSPS) is 12.0. The molecule has 116 valence electrons. The summed E-state index contributed by atoms with van der Waals surface area (Å²) in [6.07, 6.45) is 0. The highest BCUT2D eigenvalue weighted by Crippen LogP contribution is 2.14. The van der Waals surface area contributed by atoms with E-state index in [1.54, 1.807) is 12.2 Å². The predicted molar refractivity (Wildman–Crippen MR) is 79.9 cm³/mol. The molecule has 2 aromatic carbocycles. The Bertz CT molecular complexity index is 632. The summed E-state index contributed by atoms with van der Waals surface area (Å²) in [5.41, 5.74) is 1.41. The molecule has 22 heavy (non-hydrogen) atoms. The quantitative estimate of drug-likeness (QED) is 0.841. The number of nitrogens with two attached hydrogens (primary N) is 1. The number of hydrogen-bond donors (Lipinski definition) is 2. The molecule has 3 nitrogen and oxygen atoms in total. The molecule has 5 heteroatoms. The second kappa shape index (κ2) is 7.66. The molecule has 0 aliphatic carbocycles. The molecule has 0 aliphatic rings. The summed E-state index contributed by atoms with van der Waals surface area (Å²) in [5.74, 6) is -1.32. The minimum atomic E-state index is -0.603. The van der Waals surface area contributed by atoms with Crippen molar-refractivity contribution in [3.8, 4) is 0 Å². The largest absolute Gasteiger partial charge is 0.347 e. The first kappa shape index (κ1) is 16.1. The SMILES string of the molecule is C[C@@H]([NH2+]CC(=O)NCc1ccccc1)c1ccc(F)cc1F. The van der Waals surface area contributed by atoms with Gasteiger partial charge >= 0.3 is 0 Å². The minimum absolute atomic E-state index is 0.127. The Balaban J connectivity index is 1.80. The lowest BCUT2D eigenvalue weighted by atomic mass is 10.1. The molecule has 0 saturated heterocycles. The lowest BCUT2D eigenvalue weighted by molar-refractivity contribution is -0.682. The summed E-state index contributed by atoms with van der Waals surface area (Å²) in [5, 5.41) is 4.52. The van der Waals surface area contributed by atoms with Gasteiger partial charge < -0.3 is 10.6 Å². The van der Waals surface area contributed by atoms with Gasteiger partial charge in [0.15, 0.2) is 6.54 Å². The number of halogens is 2. The van der Waals surface area contributed by atoms with Crippen molar-refractivity contribution in [1.82, 2.24) is 5.32 Å². The highest BCUT2D eigenvalue weighted by atomic mass is 19.1. The molecular weight excluding hydrogens is 286 g/mol. The maximum Gasteiger partial charge on any atom is 0.275 e. The van der Waals surface area contributed by atoms with E-state index < -0.39 is 11.6 Å². The molecule has 0 unspecified atom stereocenters. The third kappa shape index (κ3) is 4.63. The van der Waals surface area contributed by atoms with Gasteiger partial charge in [0.25, 0.3) is 5.91 Å². The molecule has 2 aromatic rings. The van der Waals surface area contributed by atoms with Crippen molar-refractivity contribution in [3.63, 3.8) is 0 Å². The summed E-state index contributed by atoms with van der Waals surface area (Å²) < 4.78 is 26.5. The van der Waals surface area contributed by atoms with Gasteiger partial charge in [-0.25, -0.2) is 8.78 Å². The molecular formula is C17H19F2N2O+. The second-order valence-electron chi connectivity index (χ2n) is 5.16. The zero-order valence-corrected chi connectivity index (χ0v) is 12.4. The minimum Gasteiger partial charge on any atom is -0.347 e. The molecule has 0 bridgehead atoms. The Morgan fingerprint density at radius 1 is 1.18 bits per heavy atom. The van der Waals surface area contributed by atoms with E-state index >= 15 is 0 Å². The zero-order chi connectivity index (χ0) is 15.9. The van der Waals surface area contributed by atoms with Crippen LogP contribution < -0.4 is 10.6 Å². The van der Waals surface area contributed by atoms with Crippen molar-refractivity contribution in [3.05, 3.63) is 71.3 Å². The van der Waals surface area contributed by atoms with Gasteiger partial charge in [0.2, 0.25) is 0 Å². The second-order valence-corrected chi connectivity index (χ2v) is 5.16. The number of amides is 1. The van der Waals surface area contributed by atoms with Crippen molar-refractivity contribution < 1.29 is 18.9 Å². The van der Waals surface area contributed by atoms with Gasteiger partial charge in [0, 0.05) is 18.2 Å². The Morgan fingerprint density at radius 2 is 1.91 bits per heavy atom. The average molecular weight is 305 g/mol. The highest BCUT2D eigenvalue weighted by Gasteiger charge is 2.15. The molecule has 3 N–H and O–H groups in total. The Kier molecular flexibility index (Phi) is 5.61. The number of quaternary nitrogens is 1. The third-order valence-corrected chi connectivity index (χ3v) is 3.44. The number of hydrogen-bond acceptors (Lipinski definition) is 1. The van der Waals surface area contributed by atoms with Gasteiger partial charge in [-0.2, -0.15) is 0 Å². The fourth-order valence-electron chi connectivity index (χ4n) is 2.15. The lowest BCUT2D eigenvalue weighted by Crippen LogP contribution is -2.87. The standard InChI is InChI=1S/C17H18F2N2O/c1-12(15-8-7-14(18)9-16(15)19)20-11-17(22)21-10-13-5-3-2-4-6-13/h2-9,12,20H,10-11H2,1H3,(H,21,22)/p+1/t12-/m1/s1. The van der Waals surface area contributed by atoms with Crippen molar-refractivity contribution in [1.29, 1.82) is 0 Å². The maximum atomic E-state index is 13.6. The summed E-state index contributed by atoms with van der Waals surface area (Å²) in [6.45, 7) is 2.43. The molecule has 0 radical (unpaired) electrons. The van der Waals surface area contributed by atoms with Gasteiger partial charge in [-0.05, 0) is 24.6 Å². The van der Waals surface area contributed by atoms with E-state index in [9.17, 15) is 13.6 Å². The van der Waals surface area contributed by atoms with Crippen LogP contribution in [0.2, 0.25) is 0 Å². The van der Waals surface area contributed by atoms with E-state index in [1.807, 2.05) is 30.3 Å². The van der Waals surface area contributed by atoms with Crippen LogP contribution in [0.3, 0.4) is 0 Å². The van der Waals surface area contributed by atoms with Crippen LogP contribution in [-0.2, 0) is 11.3 Å². The summed E-state index contributed by atoms with van der Waals surface area (Å²) in [4.78, 5) is 11.8. The molecule has 0 aromatic heterocycles. The lowest BCUT2D eigenvalue weighted by Gasteiger charge is -2.12. The number of carbonyl (C=O) groups is 1. The smallest absolute Gasteiger partial charge is 0.275 e. The van der Waals surface area contributed by atoms with Crippen LogP contribution in [0.25, 0.3) is 0 Å². The summed E-state index contributed by atoms with van der Waals surface area (Å²) in [6, 6.07) is 12.8. The molecule has 1 atom stereocenters. The third-order valence-electron chi connectivity index (χ3n) is 3.44. The number of benzene rings is 2. The molecule has 0 heterocycles. The van der Waals surface area contributed by atoms with Crippen LogP contribution >= 0.6 is 0 Å². The van der Waals surface area contributed by atoms with Crippen LogP contribution in [0.5, 0.6) is 0 Å². The first-order valence-electron chi connectivity index (χ1n) is 7.15. The van der Waals surface area contributed by atoms with Gasteiger partial charge in [-0.3, -0.25) is 4.79 Å². The van der Waals surface area contributed by atoms with Crippen molar-refractivity contribution in [2.45, 2.75) is 19.5 Å². The maximum absolute atomic E-state index is 13.6. The Morgan fingerprint density at radius 3 is 2.59 bits per heavy atom. The topological polar surface area (TPSA) is 45.7 Å². The Labute approximate surface area is 128 Å². The van der Waals surface area contributed by atoms with Gasteiger partial charge in [-0.1, -0.05) is 30.3 Å². The van der Waals surface area contributed by atoms with Crippen LogP contribution in [-0.4, -0.2) is 12.5 Å². The molecule has 0 aliphatic heterocycles. The number of rotatable bonds is 6. The Hall–Kier alpha value is -2.27. The van der Waals surface area contributed by atoms with Crippen molar-refractivity contribution >= 4 is 5.91 Å². The number of nitrogens with one attached hydrogen (secondary N) is 1. The molecule has 1 amide bonds. The van der Waals surface area contributed by atoms with Crippen molar-refractivity contribution in [2.75, 3.05) is 6.54 Å². The highest BCUT2D eigenvalue weighted by molar-refractivity contribution is 5.76. The first-order valence-corrected chi connectivity index (χ1v) is 7.15. The van der Waals surface area contributed by atoms with E-state index in [2.05, 4.69) is 5.32 Å². The van der Waals surface area contributed by atoms with E-state index in [0.717, 1.165) is 11.6 Å². The van der Waals surface area contributed by atoms with Crippen LogP contribution in [0.15, 0.2) is 48.5 Å². The molecule has 0 spiro atoms. The fourth-order valence-corrected chi connectivity index (χ4v) is 2.15. The van der Waals surface area contributed by atoms with Gasteiger partial charge in [0.1, 0.15) is 17.7 Å². The van der Waals surface area contributed by atoms with Crippen LogP contribution in [0.1, 0.15) is 24.1 Å². The number of carbonyl (C=O) groups excluding carboxylic acids is 1. The van der Waals surface area contributed by atoms with E-state index in [-0.39, 0.29) is 18.5 Å². The fraction of sp³-hybridized carbons (Fsp3) is 0.235. The van der Waals surface area contributed by atoms with E-state index in [0.29, 0.717) is 12.1 Å². The molecule has 2 rings (SSSR count). The first-order chi connectivity index (χ1) is 10.6. The summed E-state index contributed by atoms with van der Waals surface area (Å²) >= 11 is 0. The average Bonchev–Trinajstić information content (AvgIpc) is 2.51. The monoisotopic (exact) mass is 305 g/mol. The van der Waals surface area contributed by atoms with E-state index in [1.165, 1.54) is 12.1 Å². The van der Waals surface area contributed by atoms with Crippen LogP contribution in [0.4, 0.5) is 8.78 Å².